The van der Waals surface area contributed by atoms with Crippen molar-refractivity contribution in [2.75, 3.05) is 6.61 Å². The summed E-state index contributed by atoms with van der Waals surface area (Å²) in [4.78, 5) is 28.6. The van der Waals surface area contributed by atoms with Gasteiger partial charge in [-0.25, -0.2) is 9.78 Å². The Balaban J connectivity index is 1.62. The normalized spacial score (nSPS) is 19.3. The predicted molar refractivity (Wildman–Crippen MR) is 131 cm³/mol. The lowest BCUT2D eigenvalue weighted by molar-refractivity contribution is -0.144. The lowest BCUT2D eigenvalue weighted by atomic mass is 9.81. The number of ether oxygens (including phenoxy) is 1. The van der Waals surface area contributed by atoms with Gasteiger partial charge < -0.3 is 19.6 Å². The van der Waals surface area contributed by atoms with E-state index in [-0.39, 0.29) is 47.6 Å². The third-order valence-corrected chi connectivity index (χ3v) is 6.67. The zero-order chi connectivity index (χ0) is 27.3. The molecule has 1 aliphatic carbocycles. The van der Waals surface area contributed by atoms with E-state index in [9.17, 15) is 27.9 Å². The predicted octanol–water partition coefficient (Wildman–Crippen LogP) is 6.03. The summed E-state index contributed by atoms with van der Waals surface area (Å²) in [6.07, 6.45) is -1.43. The van der Waals surface area contributed by atoms with Gasteiger partial charge in [0.25, 0.3) is 0 Å². The summed E-state index contributed by atoms with van der Waals surface area (Å²) in [5, 5.41) is 12.0. The van der Waals surface area contributed by atoms with Crippen molar-refractivity contribution in [3.05, 3.63) is 41.3 Å². The lowest BCUT2D eigenvalue weighted by Gasteiger charge is -2.29. The molecule has 0 saturated heterocycles. The number of nitrogens with zero attached hydrogens (tertiary/aromatic N) is 1. The first-order valence-corrected chi connectivity index (χ1v) is 12.6. The van der Waals surface area contributed by atoms with Crippen molar-refractivity contribution in [3.8, 4) is 11.5 Å². The Labute approximate surface area is 214 Å². The van der Waals surface area contributed by atoms with Crippen LogP contribution in [0.2, 0.25) is 0 Å². The molecule has 2 aromatic rings. The van der Waals surface area contributed by atoms with Gasteiger partial charge in [0.15, 0.2) is 0 Å². The smallest absolute Gasteiger partial charge is 0.416 e. The van der Waals surface area contributed by atoms with Crippen LogP contribution in [0.5, 0.6) is 0 Å². The number of aromatic nitrogens is 1. The second-order valence-corrected chi connectivity index (χ2v) is 10.4. The number of benzene rings is 1. The van der Waals surface area contributed by atoms with Crippen LogP contribution < -0.4 is 5.32 Å². The third-order valence-electron chi connectivity index (χ3n) is 6.67. The first kappa shape index (κ1) is 28.7. The summed E-state index contributed by atoms with van der Waals surface area (Å²) in [6.45, 7) is 7.85. The van der Waals surface area contributed by atoms with E-state index in [1.807, 2.05) is 13.8 Å². The molecule has 37 heavy (non-hydrogen) atoms. The molecule has 1 amide bonds. The zero-order valence-corrected chi connectivity index (χ0v) is 21.6. The monoisotopic (exact) mass is 524 g/mol. The Morgan fingerprint density at radius 3 is 2.57 bits per heavy atom. The molecule has 204 valence electrons. The van der Waals surface area contributed by atoms with Crippen molar-refractivity contribution in [3.63, 3.8) is 0 Å². The average Bonchev–Trinajstić information content (AvgIpc) is 3.26. The highest BCUT2D eigenvalue weighted by Gasteiger charge is 2.32. The van der Waals surface area contributed by atoms with Gasteiger partial charge in [0.1, 0.15) is 17.5 Å². The number of carbonyl (C=O) groups excluding carboxylic acids is 1. The summed E-state index contributed by atoms with van der Waals surface area (Å²) in [5.41, 5.74) is 0.00461. The van der Waals surface area contributed by atoms with Gasteiger partial charge in [-0.1, -0.05) is 40.2 Å². The topological polar surface area (TPSA) is 102 Å². The van der Waals surface area contributed by atoms with Crippen LogP contribution in [-0.4, -0.2) is 34.6 Å². The van der Waals surface area contributed by atoms with Crippen LogP contribution in [0, 0.1) is 17.8 Å². The quantitative estimate of drug-likeness (QED) is 0.393. The highest BCUT2D eigenvalue weighted by molar-refractivity contribution is 5.85. The average molecular weight is 525 g/mol. The Bertz CT molecular complexity index is 1080. The summed E-state index contributed by atoms with van der Waals surface area (Å²) in [5.74, 6) is -1.02. The van der Waals surface area contributed by atoms with Crippen molar-refractivity contribution in [1.29, 1.82) is 0 Å². The van der Waals surface area contributed by atoms with Crippen LogP contribution in [0.3, 0.4) is 0 Å². The van der Waals surface area contributed by atoms with E-state index in [4.69, 9.17) is 9.15 Å². The number of carboxylic acid groups (broad SMARTS) is 1. The zero-order valence-electron chi connectivity index (χ0n) is 21.6. The number of rotatable bonds is 10. The fourth-order valence-electron chi connectivity index (χ4n) is 4.66. The number of carbonyl (C=O) groups is 2. The maximum atomic E-state index is 13.1. The van der Waals surface area contributed by atoms with Crippen molar-refractivity contribution < 1.29 is 37.0 Å². The number of alkyl halides is 3. The van der Waals surface area contributed by atoms with Crippen LogP contribution in [0.4, 0.5) is 13.2 Å². The van der Waals surface area contributed by atoms with Crippen LogP contribution in [0.15, 0.2) is 28.7 Å². The van der Waals surface area contributed by atoms with E-state index >= 15 is 0 Å². The maximum absolute atomic E-state index is 13.1. The molecule has 3 atom stereocenters. The standard InChI is InChI=1S/C27H35F3N2O5/c1-15(2)22(26(34)35)32-24(33)18-8-5-7-17(11-18)13-36-14-21-23(16(3)4)37-25(31-21)19-9-6-10-20(12-19)27(28,29)30/h6,9-10,12,15-18,22H,5,7-8,11,13-14H2,1-4H3,(H,32,33)(H,34,35)/t17?,18?,22-/m0/s1. The molecule has 1 fully saturated rings. The van der Waals surface area contributed by atoms with Crippen LogP contribution >= 0.6 is 0 Å². The highest BCUT2D eigenvalue weighted by Crippen LogP contribution is 2.34. The van der Waals surface area contributed by atoms with Gasteiger partial charge in [-0.05, 0) is 49.3 Å². The van der Waals surface area contributed by atoms with Crippen molar-refractivity contribution >= 4 is 11.9 Å². The van der Waals surface area contributed by atoms with Gasteiger partial charge in [-0.2, -0.15) is 13.2 Å². The molecule has 1 aliphatic rings. The molecule has 0 aliphatic heterocycles. The number of oxazole rings is 1. The molecule has 10 heteroatoms. The van der Waals surface area contributed by atoms with Crippen molar-refractivity contribution in [2.45, 2.75) is 78.1 Å². The first-order chi connectivity index (χ1) is 17.4. The fraction of sp³-hybridized carbons (Fsp3) is 0.593. The van der Waals surface area contributed by atoms with Gasteiger partial charge in [-0.15, -0.1) is 0 Å². The van der Waals surface area contributed by atoms with Crippen LogP contribution in [0.1, 0.15) is 76.3 Å². The van der Waals surface area contributed by atoms with Gasteiger partial charge in [-0.3, -0.25) is 4.79 Å². The van der Waals surface area contributed by atoms with Gasteiger partial charge in [0.05, 0.1) is 12.2 Å². The van der Waals surface area contributed by atoms with Gasteiger partial charge >= 0.3 is 12.1 Å². The minimum Gasteiger partial charge on any atom is -0.480 e. The van der Waals surface area contributed by atoms with E-state index in [2.05, 4.69) is 10.3 Å². The molecule has 3 rings (SSSR count). The largest absolute Gasteiger partial charge is 0.480 e. The number of amides is 1. The Morgan fingerprint density at radius 2 is 1.95 bits per heavy atom. The molecule has 0 radical (unpaired) electrons. The molecule has 1 aromatic heterocycles. The number of halogens is 3. The molecule has 1 saturated carbocycles. The molecule has 0 bridgehead atoms. The van der Waals surface area contributed by atoms with Gasteiger partial charge in [0, 0.05) is 24.0 Å². The fourth-order valence-corrected chi connectivity index (χ4v) is 4.66. The molecule has 7 nitrogen and oxygen atoms in total. The second-order valence-electron chi connectivity index (χ2n) is 10.4. The molecule has 1 heterocycles. The molecule has 1 aromatic carbocycles. The van der Waals surface area contributed by atoms with E-state index in [1.54, 1.807) is 13.8 Å². The van der Waals surface area contributed by atoms with E-state index in [0.29, 0.717) is 30.9 Å². The molecule has 2 N–H and O–H groups in total. The minimum atomic E-state index is -4.46. The van der Waals surface area contributed by atoms with Crippen LogP contribution in [-0.2, 0) is 27.1 Å². The Kier molecular flexibility index (Phi) is 9.39. The highest BCUT2D eigenvalue weighted by atomic mass is 19.4. The number of hydrogen-bond donors (Lipinski definition) is 2. The number of aliphatic carboxylic acids is 1. The van der Waals surface area contributed by atoms with Crippen molar-refractivity contribution in [1.82, 2.24) is 10.3 Å². The van der Waals surface area contributed by atoms with Crippen molar-refractivity contribution in [2.24, 2.45) is 17.8 Å². The third kappa shape index (κ3) is 7.56. The summed E-state index contributed by atoms with van der Waals surface area (Å²) in [6, 6.07) is 3.95. The SMILES string of the molecule is CC(C)c1oc(-c2cccc(C(F)(F)F)c2)nc1COCC1CCCC(C(=O)N[C@H](C(=O)O)C(C)C)C1. The Hall–Kier alpha value is -2.88. The minimum absolute atomic E-state index is 0.0449. The number of carboxylic acids is 1. The van der Waals surface area contributed by atoms with E-state index < -0.39 is 23.8 Å². The van der Waals surface area contributed by atoms with E-state index in [0.717, 1.165) is 25.0 Å². The van der Waals surface area contributed by atoms with Gasteiger partial charge in [0.2, 0.25) is 11.8 Å². The lowest BCUT2D eigenvalue weighted by Crippen LogP contribution is -2.47. The van der Waals surface area contributed by atoms with E-state index in [1.165, 1.54) is 12.1 Å². The first-order valence-electron chi connectivity index (χ1n) is 12.6. The Morgan fingerprint density at radius 1 is 1.22 bits per heavy atom. The summed E-state index contributed by atoms with van der Waals surface area (Å²) >= 11 is 0. The number of hydrogen-bond acceptors (Lipinski definition) is 5. The molecule has 0 spiro atoms. The summed E-state index contributed by atoms with van der Waals surface area (Å²) < 4.78 is 51.2. The van der Waals surface area contributed by atoms with Crippen LogP contribution in [0.25, 0.3) is 11.5 Å². The molecular weight excluding hydrogens is 489 g/mol. The molecule has 2 unspecified atom stereocenters. The summed E-state index contributed by atoms with van der Waals surface area (Å²) in [7, 11) is 0. The number of nitrogens with one attached hydrogen (secondary N) is 1. The second kappa shape index (κ2) is 12.1. The molecular formula is C27H35F3N2O5. The maximum Gasteiger partial charge on any atom is 0.416 e.